The molecule has 0 aliphatic rings. The fourth-order valence-corrected chi connectivity index (χ4v) is 2.84. The van der Waals surface area contributed by atoms with E-state index in [0.29, 0.717) is 0 Å². The third kappa shape index (κ3) is 2.38. The summed E-state index contributed by atoms with van der Waals surface area (Å²) in [7, 11) is 2.09. The number of fused-ring (bicyclic) bond motifs is 1. The van der Waals surface area contributed by atoms with Crippen molar-refractivity contribution >= 4 is 32.6 Å². The molecule has 19 heavy (non-hydrogen) atoms. The van der Waals surface area contributed by atoms with E-state index in [0.717, 1.165) is 16.6 Å². The van der Waals surface area contributed by atoms with Crippen LogP contribution < -0.4 is 4.90 Å². The van der Waals surface area contributed by atoms with Gasteiger partial charge < -0.3 is 9.32 Å². The van der Waals surface area contributed by atoms with Gasteiger partial charge in [-0.05, 0) is 34.1 Å². The fourth-order valence-electron chi connectivity index (χ4n) is 2.26. The number of benzene rings is 2. The Morgan fingerprint density at radius 3 is 2.63 bits per heavy atom. The normalized spacial score (nSPS) is 10.8. The van der Waals surface area contributed by atoms with Gasteiger partial charge in [-0.2, -0.15) is 0 Å². The van der Waals surface area contributed by atoms with Gasteiger partial charge in [0.25, 0.3) is 0 Å². The van der Waals surface area contributed by atoms with Gasteiger partial charge in [-0.15, -0.1) is 0 Å². The summed E-state index contributed by atoms with van der Waals surface area (Å²) < 4.78 is 6.68. The van der Waals surface area contributed by atoms with Crippen molar-refractivity contribution in [3.63, 3.8) is 0 Å². The first-order chi connectivity index (χ1) is 9.25. The Labute approximate surface area is 120 Å². The van der Waals surface area contributed by atoms with E-state index in [-0.39, 0.29) is 0 Å². The van der Waals surface area contributed by atoms with E-state index in [1.54, 1.807) is 0 Å². The molecule has 0 aliphatic carbocycles. The van der Waals surface area contributed by atoms with Crippen LogP contribution in [-0.4, -0.2) is 7.05 Å². The number of para-hydroxylation sites is 2. The van der Waals surface area contributed by atoms with Crippen molar-refractivity contribution in [2.45, 2.75) is 6.54 Å². The first-order valence-corrected chi connectivity index (χ1v) is 6.96. The molecular weight excluding hydrogens is 302 g/mol. The molecule has 0 N–H and O–H groups in total. The zero-order valence-electron chi connectivity index (χ0n) is 10.6. The van der Waals surface area contributed by atoms with Crippen LogP contribution in [-0.2, 0) is 6.54 Å². The Bertz CT molecular complexity index is 705. The molecule has 96 valence electrons. The summed E-state index contributed by atoms with van der Waals surface area (Å²) in [5.41, 5.74) is 3.32. The molecule has 0 radical (unpaired) electrons. The average molecular weight is 316 g/mol. The number of hydrogen-bond acceptors (Lipinski definition) is 2. The van der Waals surface area contributed by atoms with Crippen LogP contribution in [0, 0.1) is 0 Å². The van der Waals surface area contributed by atoms with Crippen LogP contribution in [0.2, 0.25) is 0 Å². The summed E-state index contributed by atoms with van der Waals surface area (Å²) in [5.74, 6) is 0. The lowest BCUT2D eigenvalue weighted by Gasteiger charge is -2.20. The summed E-state index contributed by atoms with van der Waals surface area (Å²) in [5, 5.41) is 1.18. The minimum atomic E-state index is 0.819. The SMILES string of the molecule is CN(Cc1coc2ccccc12)c1ccccc1Br. The molecule has 3 aromatic rings. The maximum Gasteiger partial charge on any atom is 0.134 e. The molecule has 0 bridgehead atoms. The summed E-state index contributed by atoms with van der Waals surface area (Å²) in [4.78, 5) is 2.21. The Hall–Kier alpha value is -1.74. The Morgan fingerprint density at radius 2 is 1.79 bits per heavy atom. The van der Waals surface area contributed by atoms with Gasteiger partial charge in [-0.1, -0.05) is 30.3 Å². The molecule has 2 nitrogen and oxygen atoms in total. The van der Waals surface area contributed by atoms with Gasteiger partial charge in [0, 0.05) is 29.0 Å². The Balaban J connectivity index is 1.91. The maximum absolute atomic E-state index is 5.58. The molecule has 0 amide bonds. The number of hydrogen-bond donors (Lipinski definition) is 0. The van der Waals surface area contributed by atoms with Crippen LogP contribution in [0.15, 0.2) is 63.7 Å². The molecule has 0 atom stereocenters. The zero-order chi connectivity index (χ0) is 13.2. The van der Waals surface area contributed by atoms with Crippen LogP contribution in [0.1, 0.15) is 5.56 Å². The highest BCUT2D eigenvalue weighted by molar-refractivity contribution is 9.10. The summed E-state index contributed by atoms with van der Waals surface area (Å²) >= 11 is 3.59. The average Bonchev–Trinajstić information content (AvgIpc) is 2.83. The monoisotopic (exact) mass is 315 g/mol. The van der Waals surface area contributed by atoms with Crippen molar-refractivity contribution in [1.29, 1.82) is 0 Å². The zero-order valence-corrected chi connectivity index (χ0v) is 12.2. The number of rotatable bonds is 3. The fraction of sp³-hybridized carbons (Fsp3) is 0.125. The third-order valence-electron chi connectivity index (χ3n) is 3.23. The lowest BCUT2D eigenvalue weighted by atomic mass is 10.1. The largest absolute Gasteiger partial charge is 0.464 e. The molecule has 1 aromatic heterocycles. The van der Waals surface area contributed by atoms with Crippen LogP contribution in [0.25, 0.3) is 11.0 Å². The van der Waals surface area contributed by atoms with Gasteiger partial charge in [0.05, 0.1) is 12.0 Å². The van der Waals surface area contributed by atoms with Crippen LogP contribution in [0.5, 0.6) is 0 Å². The van der Waals surface area contributed by atoms with Crippen LogP contribution in [0.4, 0.5) is 5.69 Å². The molecule has 0 aliphatic heterocycles. The third-order valence-corrected chi connectivity index (χ3v) is 3.90. The minimum absolute atomic E-state index is 0.819. The first-order valence-electron chi connectivity index (χ1n) is 6.16. The molecule has 0 saturated heterocycles. The smallest absolute Gasteiger partial charge is 0.134 e. The van der Waals surface area contributed by atoms with E-state index < -0.39 is 0 Å². The topological polar surface area (TPSA) is 16.4 Å². The molecule has 0 fully saturated rings. The van der Waals surface area contributed by atoms with Crippen molar-refractivity contribution in [3.8, 4) is 0 Å². The number of halogens is 1. The van der Waals surface area contributed by atoms with Crippen molar-refractivity contribution in [1.82, 2.24) is 0 Å². The molecule has 3 rings (SSSR count). The highest BCUT2D eigenvalue weighted by atomic mass is 79.9. The standard InChI is InChI=1S/C16H14BrNO/c1-18(15-8-4-3-7-14(15)17)10-12-11-19-16-9-5-2-6-13(12)16/h2-9,11H,10H2,1H3. The molecule has 2 aromatic carbocycles. The second-order valence-corrected chi connectivity index (χ2v) is 5.42. The molecule has 1 heterocycles. The van der Waals surface area contributed by atoms with Gasteiger partial charge in [0.15, 0.2) is 0 Å². The summed E-state index contributed by atoms with van der Waals surface area (Å²) in [6.07, 6.45) is 1.85. The van der Waals surface area contributed by atoms with Gasteiger partial charge >= 0.3 is 0 Å². The van der Waals surface area contributed by atoms with Gasteiger partial charge in [0.1, 0.15) is 5.58 Å². The number of nitrogens with zero attached hydrogens (tertiary/aromatic N) is 1. The summed E-state index contributed by atoms with van der Waals surface area (Å²) in [6.45, 7) is 0.819. The second kappa shape index (κ2) is 5.10. The maximum atomic E-state index is 5.58. The quantitative estimate of drug-likeness (QED) is 0.688. The molecule has 0 spiro atoms. The highest BCUT2D eigenvalue weighted by Crippen LogP contribution is 2.28. The van der Waals surface area contributed by atoms with E-state index >= 15 is 0 Å². The molecule has 0 unspecified atom stereocenters. The van der Waals surface area contributed by atoms with Crippen molar-refractivity contribution in [3.05, 3.63) is 64.8 Å². The van der Waals surface area contributed by atoms with Crippen molar-refractivity contribution in [2.75, 3.05) is 11.9 Å². The predicted octanol–water partition coefficient (Wildman–Crippen LogP) is 4.83. The van der Waals surface area contributed by atoms with E-state index in [2.05, 4.69) is 46.1 Å². The van der Waals surface area contributed by atoms with E-state index in [1.165, 1.54) is 16.6 Å². The van der Waals surface area contributed by atoms with Crippen LogP contribution >= 0.6 is 15.9 Å². The molecule has 0 saturated carbocycles. The Kier molecular flexibility index (Phi) is 3.30. The summed E-state index contributed by atoms with van der Waals surface area (Å²) in [6, 6.07) is 16.4. The van der Waals surface area contributed by atoms with Crippen molar-refractivity contribution < 1.29 is 4.42 Å². The van der Waals surface area contributed by atoms with Crippen LogP contribution in [0.3, 0.4) is 0 Å². The van der Waals surface area contributed by atoms with Crippen molar-refractivity contribution in [2.24, 2.45) is 0 Å². The predicted molar refractivity (Wildman–Crippen MR) is 82.5 cm³/mol. The lowest BCUT2D eigenvalue weighted by molar-refractivity contribution is 0.609. The van der Waals surface area contributed by atoms with Gasteiger partial charge in [-0.3, -0.25) is 0 Å². The molecule has 3 heteroatoms. The van der Waals surface area contributed by atoms with E-state index in [4.69, 9.17) is 4.42 Å². The van der Waals surface area contributed by atoms with E-state index in [9.17, 15) is 0 Å². The van der Waals surface area contributed by atoms with E-state index in [1.807, 2.05) is 36.6 Å². The minimum Gasteiger partial charge on any atom is -0.464 e. The number of furan rings is 1. The Morgan fingerprint density at radius 1 is 1.05 bits per heavy atom. The lowest BCUT2D eigenvalue weighted by Crippen LogP contribution is -2.16. The highest BCUT2D eigenvalue weighted by Gasteiger charge is 2.10. The van der Waals surface area contributed by atoms with Gasteiger partial charge in [0.2, 0.25) is 0 Å². The first kappa shape index (κ1) is 12.3. The molecular formula is C16H14BrNO. The number of anilines is 1. The van der Waals surface area contributed by atoms with Gasteiger partial charge in [-0.25, -0.2) is 0 Å². The second-order valence-electron chi connectivity index (χ2n) is 4.56.